The molecule has 2 N–H and O–H groups in total. The van der Waals surface area contributed by atoms with Gasteiger partial charge in [0, 0.05) is 5.56 Å². The number of rotatable bonds is 3. The summed E-state index contributed by atoms with van der Waals surface area (Å²) < 4.78 is 19.8. The molecule has 4 rings (SSSR count). The molecule has 0 saturated heterocycles. The van der Waals surface area contributed by atoms with Gasteiger partial charge in [-0.05, 0) is 61.4 Å². The van der Waals surface area contributed by atoms with Gasteiger partial charge in [0.15, 0.2) is 11.5 Å². The van der Waals surface area contributed by atoms with Crippen LogP contribution in [0, 0.1) is 19.7 Å². The Morgan fingerprint density at radius 1 is 1.04 bits per heavy atom. The topological polar surface area (TPSA) is 95.6 Å². The standard InChI is InChI=1S/C18H15FN6O/c1-10-3-8-14(9-11(10)2)25-16(20)15(22-24-25)18-21-17(23-26-18)12-4-6-13(19)7-5-12/h3-9H,20H2,1-2H3. The van der Waals surface area contributed by atoms with Crippen LogP contribution in [0.25, 0.3) is 28.7 Å². The molecule has 8 heteroatoms. The number of aryl methyl sites for hydroxylation is 2. The van der Waals surface area contributed by atoms with Crippen molar-refractivity contribution < 1.29 is 8.91 Å². The van der Waals surface area contributed by atoms with Crippen molar-refractivity contribution in [2.45, 2.75) is 13.8 Å². The molecule has 0 amide bonds. The Balaban J connectivity index is 1.70. The first kappa shape index (κ1) is 15.9. The van der Waals surface area contributed by atoms with Crippen molar-refractivity contribution in [3.63, 3.8) is 0 Å². The normalized spacial score (nSPS) is 11.0. The summed E-state index contributed by atoms with van der Waals surface area (Å²) >= 11 is 0. The van der Waals surface area contributed by atoms with E-state index in [0.717, 1.165) is 11.3 Å². The van der Waals surface area contributed by atoms with Crippen LogP contribution in [0.2, 0.25) is 0 Å². The van der Waals surface area contributed by atoms with Gasteiger partial charge in [0.05, 0.1) is 5.69 Å². The van der Waals surface area contributed by atoms with Crippen LogP contribution in [0.1, 0.15) is 11.1 Å². The molecule has 0 aliphatic carbocycles. The molecule has 7 nitrogen and oxygen atoms in total. The van der Waals surface area contributed by atoms with E-state index in [1.165, 1.54) is 22.4 Å². The third-order valence-electron chi connectivity index (χ3n) is 4.17. The minimum atomic E-state index is -0.335. The number of benzene rings is 2. The number of nitrogens with zero attached hydrogens (tertiary/aromatic N) is 5. The van der Waals surface area contributed by atoms with Gasteiger partial charge in [-0.1, -0.05) is 16.4 Å². The van der Waals surface area contributed by atoms with Crippen LogP contribution in [0.15, 0.2) is 47.0 Å². The molecule has 0 radical (unpaired) electrons. The van der Waals surface area contributed by atoms with Crippen molar-refractivity contribution >= 4 is 5.82 Å². The average molecular weight is 350 g/mol. The summed E-state index contributed by atoms with van der Waals surface area (Å²) in [4.78, 5) is 4.28. The Morgan fingerprint density at radius 2 is 1.81 bits per heavy atom. The monoisotopic (exact) mass is 350 g/mol. The number of hydrogen-bond donors (Lipinski definition) is 1. The van der Waals surface area contributed by atoms with E-state index in [9.17, 15) is 4.39 Å². The SMILES string of the molecule is Cc1ccc(-n2nnc(-c3nc(-c4ccc(F)cc4)no3)c2N)cc1C. The first-order valence-corrected chi connectivity index (χ1v) is 7.92. The van der Waals surface area contributed by atoms with Gasteiger partial charge in [0.2, 0.25) is 5.82 Å². The molecule has 2 heterocycles. The molecule has 4 aromatic rings. The minimum absolute atomic E-state index is 0.150. The summed E-state index contributed by atoms with van der Waals surface area (Å²) in [7, 11) is 0. The van der Waals surface area contributed by atoms with Crippen LogP contribution in [0.4, 0.5) is 10.2 Å². The quantitative estimate of drug-likeness (QED) is 0.609. The van der Waals surface area contributed by atoms with Crippen molar-refractivity contribution in [1.82, 2.24) is 25.1 Å². The first-order valence-electron chi connectivity index (χ1n) is 7.92. The second kappa shape index (κ2) is 6.07. The first-order chi connectivity index (χ1) is 12.5. The van der Waals surface area contributed by atoms with Crippen LogP contribution in [-0.2, 0) is 0 Å². The summed E-state index contributed by atoms with van der Waals surface area (Å²) in [6, 6.07) is 11.7. The maximum absolute atomic E-state index is 13.0. The van der Waals surface area contributed by atoms with Crippen molar-refractivity contribution in [2.75, 3.05) is 5.73 Å². The van der Waals surface area contributed by atoms with Gasteiger partial charge in [-0.2, -0.15) is 9.67 Å². The fourth-order valence-corrected chi connectivity index (χ4v) is 2.53. The van der Waals surface area contributed by atoms with E-state index in [1.54, 1.807) is 12.1 Å². The van der Waals surface area contributed by atoms with Crippen LogP contribution in [-0.4, -0.2) is 25.1 Å². The largest absolute Gasteiger partial charge is 0.382 e. The van der Waals surface area contributed by atoms with E-state index in [0.29, 0.717) is 22.9 Å². The van der Waals surface area contributed by atoms with Crippen LogP contribution in [0.3, 0.4) is 0 Å². The van der Waals surface area contributed by atoms with Gasteiger partial charge >= 0.3 is 0 Å². The van der Waals surface area contributed by atoms with Crippen molar-refractivity contribution in [1.29, 1.82) is 0 Å². The second-order valence-electron chi connectivity index (χ2n) is 5.93. The van der Waals surface area contributed by atoms with E-state index >= 15 is 0 Å². The van der Waals surface area contributed by atoms with Crippen molar-refractivity contribution in [3.8, 4) is 28.7 Å². The minimum Gasteiger partial charge on any atom is -0.382 e. The van der Waals surface area contributed by atoms with E-state index < -0.39 is 0 Å². The summed E-state index contributed by atoms with van der Waals surface area (Å²) in [5.74, 6) is 0.428. The summed E-state index contributed by atoms with van der Waals surface area (Å²) in [6.07, 6.45) is 0. The Hall–Kier alpha value is -3.55. The highest BCUT2D eigenvalue weighted by atomic mass is 19.1. The van der Waals surface area contributed by atoms with E-state index in [4.69, 9.17) is 10.3 Å². The lowest BCUT2D eigenvalue weighted by molar-refractivity contribution is 0.431. The lowest BCUT2D eigenvalue weighted by Gasteiger charge is -2.06. The van der Waals surface area contributed by atoms with Gasteiger partial charge < -0.3 is 10.3 Å². The predicted octanol–water partition coefficient (Wildman–Crippen LogP) is 3.32. The number of halogens is 1. The molecule has 0 atom stereocenters. The predicted molar refractivity (Wildman–Crippen MR) is 93.9 cm³/mol. The average Bonchev–Trinajstić information content (AvgIpc) is 3.25. The Morgan fingerprint density at radius 3 is 2.54 bits per heavy atom. The number of hydrogen-bond acceptors (Lipinski definition) is 6. The molecular weight excluding hydrogens is 335 g/mol. The zero-order valence-corrected chi connectivity index (χ0v) is 14.1. The molecule has 0 unspecified atom stereocenters. The van der Waals surface area contributed by atoms with Crippen molar-refractivity contribution in [3.05, 3.63) is 59.4 Å². The third-order valence-corrected chi connectivity index (χ3v) is 4.17. The fraction of sp³-hybridized carbons (Fsp3) is 0.111. The summed E-state index contributed by atoms with van der Waals surface area (Å²) in [6.45, 7) is 4.05. The molecule has 0 spiro atoms. The molecule has 0 saturated carbocycles. The molecule has 0 fully saturated rings. The zero-order chi connectivity index (χ0) is 18.3. The summed E-state index contributed by atoms with van der Waals surface area (Å²) in [5, 5.41) is 12.1. The zero-order valence-electron chi connectivity index (χ0n) is 14.1. The third kappa shape index (κ3) is 2.71. The highest BCUT2D eigenvalue weighted by Gasteiger charge is 2.20. The molecule has 0 aliphatic rings. The Bertz CT molecular complexity index is 1080. The maximum Gasteiger partial charge on any atom is 0.282 e. The number of nitrogen functional groups attached to an aromatic ring is 1. The van der Waals surface area contributed by atoms with Crippen LogP contribution < -0.4 is 5.73 Å². The van der Waals surface area contributed by atoms with Gasteiger partial charge in [-0.25, -0.2) is 4.39 Å². The lowest BCUT2D eigenvalue weighted by Crippen LogP contribution is -2.03. The molecule has 26 heavy (non-hydrogen) atoms. The van der Waals surface area contributed by atoms with Crippen LogP contribution >= 0.6 is 0 Å². The highest BCUT2D eigenvalue weighted by molar-refractivity contribution is 5.66. The smallest absolute Gasteiger partial charge is 0.282 e. The van der Waals surface area contributed by atoms with Gasteiger partial charge in [-0.3, -0.25) is 0 Å². The Labute approximate surface area is 148 Å². The van der Waals surface area contributed by atoms with E-state index in [-0.39, 0.29) is 11.7 Å². The van der Waals surface area contributed by atoms with Gasteiger partial charge in [-0.15, -0.1) is 5.10 Å². The van der Waals surface area contributed by atoms with Gasteiger partial charge in [0.25, 0.3) is 5.89 Å². The lowest BCUT2D eigenvalue weighted by atomic mass is 10.1. The summed E-state index contributed by atoms with van der Waals surface area (Å²) in [5.41, 5.74) is 10.2. The maximum atomic E-state index is 13.0. The molecule has 2 aromatic carbocycles. The molecule has 2 aromatic heterocycles. The molecule has 130 valence electrons. The van der Waals surface area contributed by atoms with E-state index in [2.05, 4.69) is 20.5 Å². The molecule has 0 bridgehead atoms. The van der Waals surface area contributed by atoms with Crippen LogP contribution in [0.5, 0.6) is 0 Å². The Kier molecular flexibility index (Phi) is 3.72. The number of anilines is 1. The van der Waals surface area contributed by atoms with Gasteiger partial charge in [0.1, 0.15) is 5.82 Å². The van der Waals surface area contributed by atoms with Crippen molar-refractivity contribution in [2.24, 2.45) is 0 Å². The molecular formula is C18H15FN6O. The second-order valence-corrected chi connectivity index (χ2v) is 5.93. The number of aromatic nitrogens is 5. The molecule has 0 aliphatic heterocycles. The highest BCUT2D eigenvalue weighted by Crippen LogP contribution is 2.27. The number of nitrogens with two attached hydrogens (primary N) is 1. The fourth-order valence-electron chi connectivity index (χ4n) is 2.53. The van der Waals surface area contributed by atoms with E-state index in [1.807, 2.05) is 32.0 Å².